The number of alkyl halides is 8. The van der Waals surface area contributed by atoms with Crippen molar-refractivity contribution in [3.63, 3.8) is 0 Å². The zero-order valence-electron chi connectivity index (χ0n) is 15.8. The average Bonchev–Trinajstić information content (AvgIpc) is 2.71. The molecule has 166 valence electrons. The minimum atomic E-state index is -4.96. The molecule has 0 radical (unpaired) electrons. The van der Waals surface area contributed by atoms with Crippen molar-refractivity contribution in [2.24, 2.45) is 17.8 Å². The molecular formula is C17H24F8O3. The van der Waals surface area contributed by atoms with Gasteiger partial charge in [0.25, 0.3) is 5.92 Å². The molecule has 0 bridgehead atoms. The van der Waals surface area contributed by atoms with Crippen molar-refractivity contribution in [2.75, 3.05) is 6.61 Å². The molecule has 1 fully saturated rings. The third-order valence-electron chi connectivity index (χ3n) is 5.29. The number of aliphatic hydroxyl groups is 1. The van der Waals surface area contributed by atoms with Crippen LogP contribution in [0.15, 0.2) is 0 Å². The van der Waals surface area contributed by atoms with Crippen LogP contribution in [0.3, 0.4) is 0 Å². The lowest BCUT2D eigenvalue weighted by Gasteiger charge is -2.37. The third-order valence-corrected chi connectivity index (χ3v) is 5.29. The topological polar surface area (TPSA) is 46.5 Å². The molecule has 0 aromatic carbocycles. The van der Waals surface area contributed by atoms with Gasteiger partial charge in [-0.25, -0.2) is 22.0 Å². The predicted octanol–water partition coefficient (Wildman–Crippen LogP) is 4.91. The van der Waals surface area contributed by atoms with E-state index in [9.17, 15) is 45.0 Å². The number of hydrogen-bond donors (Lipinski definition) is 1. The zero-order chi connectivity index (χ0) is 22.3. The summed E-state index contributed by atoms with van der Waals surface area (Å²) >= 11 is 0. The van der Waals surface area contributed by atoms with E-state index in [4.69, 9.17) is 0 Å². The molecule has 0 aromatic rings. The second-order valence-corrected chi connectivity index (χ2v) is 7.83. The molecule has 1 saturated carbocycles. The number of ether oxygens (including phenoxy) is 1. The lowest BCUT2D eigenvalue weighted by Crippen LogP contribution is -2.58. The molecule has 0 aliphatic heterocycles. The van der Waals surface area contributed by atoms with Gasteiger partial charge in [0.15, 0.2) is 5.60 Å². The summed E-state index contributed by atoms with van der Waals surface area (Å²) in [6, 6.07) is 0. The Morgan fingerprint density at radius 1 is 1.18 bits per heavy atom. The number of hydrogen-bond acceptors (Lipinski definition) is 3. The molecule has 0 saturated heterocycles. The molecule has 1 aliphatic rings. The first kappa shape index (κ1) is 24.9. The van der Waals surface area contributed by atoms with Gasteiger partial charge in [-0.05, 0) is 32.1 Å². The van der Waals surface area contributed by atoms with Crippen molar-refractivity contribution < 1.29 is 49.8 Å². The van der Waals surface area contributed by atoms with Crippen molar-refractivity contribution in [1.82, 2.24) is 0 Å². The number of rotatable bonds is 7. The molecule has 3 nitrogen and oxygen atoms in total. The lowest BCUT2D eigenvalue weighted by molar-refractivity contribution is -0.259. The van der Waals surface area contributed by atoms with Gasteiger partial charge in [0, 0.05) is 12.8 Å². The fraction of sp³-hybridized carbons (Fsp3) is 0.941. The summed E-state index contributed by atoms with van der Waals surface area (Å²) < 4.78 is 113. The van der Waals surface area contributed by atoms with Crippen LogP contribution in [0.5, 0.6) is 0 Å². The maximum Gasteiger partial charge on any atom is 0.416 e. The van der Waals surface area contributed by atoms with Crippen LogP contribution in [-0.4, -0.2) is 47.0 Å². The minimum absolute atomic E-state index is 0.0125. The molecule has 5 unspecified atom stereocenters. The van der Waals surface area contributed by atoms with E-state index in [1.807, 2.05) is 0 Å². The van der Waals surface area contributed by atoms with Gasteiger partial charge >= 0.3 is 18.1 Å². The first-order chi connectivity index (χ1) is 12.3. The Balaban J connectivity index is 2.88. The van der Waals surface area contributed by atoms with E-state index in [-0.39, 0.29) is 13.3 Å². The van der Waals surface area contributed by atoms with Crippen LogP contribution in [0.4, 0.5) is 35.1 Å². The van der Waals surface area contributed by atoms with E-state index in [1.54, 1.807) is 0 Å². The minimum Gasteiger partial charge on any atom is -0.465 e. The summed E-state index contributed by atoms with van der Waals surface area (Å²) in [6.45, 7) is 2.16. The molecule has 11 heteroatoms. The third kappa shape index (κ3) is 4.23. The first-order valence-corrected chi connectivity index (χ1v) is 8.73. The van der Waals surface area contributed by atoms with Crippen LogP contribution >= 0.6 is 0 Å². The Morgan fingerprint density at radius 2 is 1.68 bits per heavy atom. The first-order valence-electron chi connectivity index (χ1n) is 8.73. The summed E-state index contributed by atoms with van der Waals surface area (Å²) in [5.74, 6) is -16.2. The molecule has 0 amide bonds. The number of carbonyl (C=O) groups is 1. The summed E-state index contributed by atoms with van der Waals surface area (Å²) in [5, 5.41) is 9.39. The lowest BCUT2D eigenvalue weighted by atomic mass is 9.83. The van der Waals surface area contributed by atoms with Crippen molar-refractivity contribution in [3.8, 4) is 0 Å². The SMILES string of the molecule is CCC1CC(C(=O)OCC(C)CC(C)(O)C(F)(F)F)C(F)(F)C1(F)C(C)(F)F. The molecular weight excluding hydrogens is 404 g/mol. The Bertz CT molecular complexity index is 570. The number of esters is 1. The second kappa shape index (κ2) is 7.60. The van der Waals surface area contributed by atoms with E-state index >= 15 is 0 Å². The van der Waals surface area contributed by atoms with Crippen LogP contribution < -0.4 is 0 Å². The maximum absolute atomic E-state index is 14.8. The Morgan fingerprint density at radius 3 is 2.04 bits per heavy atom. The fourth-order valence-electron chi connectivity index (χ4n) is 3.64. The highest BCUT2D eigenvalue weighted by Gasteiger charge is 2.78. The van der Waals surface area contributed by atoms with E-state index < -0.39 is 72.5 Å². The second-order valence-electron chi connectivity index (χ2n) is 7.83. The van der Waals surface area contributed by atoms with Gasteiger partial charge in [-0.2, -0.15) is 13.2 Å². The van der Waals surface area contributed by atoms with Crippen molar-refractivity contribution in [1.29, 1.82) is 0 Å². The monoisotopic (exact) mass is 428 g/mol. The van der Waals surface area contributed by atoms with Crippen LogP contribution in [-0.2, 0) is 9.53 Å². The van der Waals surface area contributed by atoms with Crippen LogP contribution in [0, 0.1) is 17.8 Å². The van der Waals surface area contributed by atoms with Crippen LogP contribution in [0.1, 0.15) is 47.0 Å². The van der Waals surface area contributed by atoms with Crippen LogP contribution in [0.2, 0.25) is 0 Å². The Labute approximate surface area is 157 Å². The standard InChI is InChI=1S/C17H24F8O3/c1-5-10-6-11(16(21,22)15(10,20)14(4,18)19)12(26)28-8-9(2)7-13(3,27)17(23,24)25/h9-11,27H,5-8H2,1-4H3. The summed E-state index contributed by atoms with van der Waals surface area (Å²) in [4.78, 5) is 12.0. The van der Waals surface area contributed by atoms with Crippen LogP contribution in [0.25, 0.3) is 0 Å². The van der Waals surface area contributed by atoms with Gasteiger partial charge in [-0.1, -0.05) is 13.8 Å². The highest BCUT2D eigenvalue weighted by molar-refractivity contribution is 5.75. The average molecular weight is 428 g/mol. The molecule has 28 heavy (non-hydrogen) atoms. The largest absolute Gasteiger partial charge is 0.465 e. The quantitative estimate of drug-likeness (QED) is 0.463. The summed E-state index contributed by atoms with van der Waals surface area (Å²) in [5.41, 5.74) is -7.34. The van der Waals surface area contributed by atoms with Gasteiger partial charge in [-0.15, -0.1) is 0 Å². The molecule has 0 spiro atoms. The molecule has 1 rings (SSSR count). The molecule has 1 N–H and O–H groups in total. The number of carbonyl (C=O) groups excluding carboxylic acids is 1. The van der Waals surface area contributed by atoms with Crippen molar-refractivity contribution in [3.05, 3.63) is 0 Å². The maximum atomic E-state index is 14.8. The van der Waals surface area contributed by atoms with Gasteiger partial charge in [0.1, 0.15) is 5.92 Å². The van der Waals surface area contributed by atoms with Crippen molar-refractivity contribution >= 4 is 5.97 Å². The van der Waals surface area contributed by atoms with E-state index in [1.165, 1.54) is 13.8 Å². The smallest absolute Gasteiger partial charge is 0.416 e. The van der Waals surface area contributed by atoms with Gasteiger partial charge in [0.05, 0.1) is 6.61 Å². The number of halogens is 8. The Hall–Kier alpha value is -1.13. The van der Waals surface area contributed by atoms with E-state index in [2.05, 4.69) is 4.74 Å². The normalized spacial score (nSPS) is 31.3. The van der Waals surface area contributed by atoms with Gasteiger partial charge in [0.2, 0.25) is 5.67 Å². The molecule has 5 atom stereocenters. The fourth-order valence-corrected chi connectivity index (χ4v) is 3.64. The predicted molar refractivity (Wildman–Crippen MR) is 82.7 cm³/mol. The van der Waals surface area contributed by atoms with Gasteiger partial charge < -0.3 is 9.84 Å². The molecule has 0 aromatic heterocycles. The van der Waals surface area contributed by atoms with Crippen molar-refractivity contribution in [2.45, 2.75) is 76.2 Å². The summed E-state index contributed by atoms with van der Waals surface area (Å²) in [6.07, 6.45) is -7.10. The van der Waals surface area contributed by atoms with E-state index in [0.29, 0.717) is 6.92 Å². The molecule has 1 aliphatic carbocycles. The van der Waals surface area contributed by atoms with Gasteiger partial charge in [-0.3, -0.25) is 4.79 Å². The molecule has 0 heterocycles. The zero-order valence-corrected chi connectivity index (χ0v) is 15.8. The highest BCUT2D eigenvalue weighted by Crippen LogP contribution is 2.60. The Kier molecular flexibility index (Phi) is 6.76. The van der Waals surface area contributed by atoms with E-state index in [0.717, 1.165) is 0 Å². The summed E-state index contributed by atoms with van der Waals surface area (Å²) in [7, 11) is 0. The highest BCUT2D eigenvalue weighted by atomic mass is 19.4.